The van der Waals surface area contributed by atoms with E-state index in [0.29, 0.717) is 6.54 Å². The van der Waals surface area contributed by atoms with E-state index >= 15 is 0 Å². The zero-order valence-electron chi connectivity index (χ0n) is 12.0. The number of carbonyl (C=O) groups excluding carboxylic acids is 2. The van der Waals surface area contributed by atoms with Crippen LogP contribution in [0.3, 0.4) is 0 Å². The van der Waals surface area contributed by atoms with E-state index in [1.807, 2.05) is 24.3 Å². The summed E-state index contributed by atoms with van der Waals surface area (Å²) in [6.45, 7) is 4.35. The molecule has 2 atom stereocenters. The van der Waals surface area contributed by atoms with Crippen molar-refractivity contribution in [2.24, 2.45) is 5.92 Å². The van der Waals surface area contributed by atoms with Crippen molar-refractivity contribution < 1.29 is 14.3 Å². The number of carbonyl (C=O) groups is 2. The van der Waals surface area contributed by atoms with Gasteiger partial charge >= 0.3 is 6.03 Å². The third-order valence-electron chi connectivity index (χ3n) is 4.24. The molecule has 3 aliphatic rings. The fourth-order valence-electron chi connectivity index (χ4n) is 2.96. The predicted molar refractivity (Wildman–Crippen MR) is 77.7 cm³/mol. The van der Waals surface area contributed by atoms with Gasteiger partial charge in [0.25, 0.3) is 5.91 Å². The molecule has 2 fully saturated rings. The minimum atomic E-state index is -0.414. The van der Waals surface area contributed by atoms with E-state index < -0.39 is 6.04 Å². The van der Waals surface area contributed by atoms with Gasteiger partial charge in [0.2, 0.25) is 0 Å². The first-order valence-corrected chi connectivity index (χ1v) is 7.51. The molecule has 0 spiro atoms. The van der Waals surface area contributed by atoms with Crippen LogP contribution in [0.4, 0.5) is 4.79 Å². The van der Waals surface area contributed by atoms with Gasteiger partial charge in [-0.3, -0.25) is 14.6 Å². The molecule has 21 heavy (non-hydrogen) atoms. The second-order valence-electron chi connectivity index (χ2n) is 5.58. The summed E-state index contributed by atoms with van der Waals surface area (Å²) in [4.78, 5) is 28.0. The number of urea groups is 1. The van der Waals surface area contributed by atoms with Gasteiger partial charge in [0.15, 0.2) is 0 Å². The summed E-state index contributed by atoms with van der Waals surface area (Å²) < 4.78 is 5.29. The Bertz CT molecular complexity index is 469. The lowest BCUT2D eigenvalue weighted by molar-refractivity contribution is -0.128. The largest absolute Gasteiger partial charge is 0.379 e. The Morgan fingerprint density at radius 3 is 2.71 bits per heavy atom. The molecule has 3 rings (SSSR count). The number of allylic oxidation sites excluding steroid dienone is 3. The molecule has 0 radical (unpaired) electrons. The lowest BCUT2D eigenvalue weighted by Crippen LogP contribution is -2.43. The lowest BCUT2D eigenvalue weighted by Gasteiger charge is -2.27. The van der Waals surface area contributed by atoms with Gasteiger partial charge in [0, 0.05) is 32.1 Å². The van der Waals surface area contributed by atoms with Gasteiger partial charge in [0.05, 0.1) is 13.2 Å². The number of amides is 3. The minimum absolute atomic E-state index is 0.0693. The smallest absolute Gasteiger partial charge is 0.324 e. The molecule has 6 heteroatoms. The van der Waals surface area contributed by atoms with Crippen LogP contribution in [0, 0.1) is 5.92 Å². The van der Waals surface area contributed by atoms with Crippen molar-refractivity contribution in [1.82, 2.24) is 15.1 Å². The van der Waals surface area contributed by atoms with Crippen LogP contribution in [0.25, 0.3) is 0 Å². The maximum Gasteiger partial charge on any atom is 0.324 e. The summed E-state index contributed by atoms with van der Waals surface area (Å²) in [5, 5.41) is 2.82. The molecular weight excluding hydrogens is 270 g/mol. The van der Waals surface area contributed by atoms with Crippen molar-refractivity contribution in [2.45, 2.75) is 12.5 Å². The number of nitrogens with zero attached hydrogens (tertiary/aromatic N) is 2. The van der Waals surface area contributed by atoms with Crippen molar-refractivity contribution in [3.63, 3.8) is 0 Å². The highest BCUT2D eigenvalue weighted by Crippen LogP contribution is 2.21. The van der Waals surface area contributed by atoms with E-state index in [1.165, 1.54) is 4.90 Å². The van der Waals surface area contributed by atoms with Gasteiger partial charge in [-0.25, -0.2) is 4.79 Å². The Labute approximate surface area is 124 Å². The molecule has 2 heterocycles. The van der Waals surface area contributed by atoms with Crippen molar-refractivity contribution in [1.29, 1.82) is 0 Å². The molecule has 6 nitrogen and oxygen atoms in total. The Hall–Kier alpha value is -1.66. The molecule has 0 aromatic carbocycles. The highest BCUT2D eigenvalue weighted by Gasteiger charge is 2.41. The Morgan fingerprint density at radius 2 is 2.00 bits per heavy atom. The molecule has 114 valence electrons. The third-order valence-corrected chi connectivity index (χ3v) is 4.24. The normalized spacial score (nSPS) is 30.0. The predicted octanol–water partition coefficient (Wildman–Crippen LogP) is 0.371. The number of imide groups is 1. The van der Waals surface area contributed by atoms with Gasteiger partial charge in [-0.15, -0.1) is 0 Å². The van der Waals surface area contributed by atoms with Crippen molar-refractivity contribution >= 4 is 11.9 Å². The first-order chi connectivity index (χ1) is 10.3. The molecule has 0 aromatic rings. The minimum Gasteiger partial charge on any atom is -0.379 e. The van der Waals surface area contributed by atoms with Gasteiger partial charge in [0.1, 0.15) is 6.04 Å². The second kappa shape index (κ2) is 6.41. The number of rotatable bonds is 4. The molecule has 3 amide bonds. The topological polar surface area (TPSA) is 61.9 Å². The molecule has 0 aromatic heterocycles. The molecule has 2 aliphatic heterocycles. The van der Waals surface area contributed by atoms with Gasteiger partial charge in [-0.1, -0.05) is 24.3 Å². The molecule has 0 bridgehead atoms. The zero-order chi connectivity index (χ0) is 14.7. The number of hydrogen-bond acceptors (Lipinski definition) is 4. The highest BCUT2D eigenvalue weighted by molar-refractivity contribution is 6.04. The fraction of sp³-hybridized carbons (Fsp3) is 0.600. The molecule has 2 saturated heterocycles. The summed E-state index contributed by atoms with van der Waals surface area (Å²) in [5.41, 5.74) is 0. The summed E-state index contributed by atoms with van der Waals surface area (Å²) in [7, 11) is 0. The summed E-state index contributed by atoms with van der Waals surface area (Å²) >= 11 is 0. The fourth-order valence-corrected chi connectivity index (χ4v) is 2.96. The van der Waals surface area contributed by atoms with E-state index in [4.69, 9.17) is 4.74 Å². The van der Waals surface area contributed by atoms with Crippen LogP contribution in [0.2, 0.25) is 0 Å². The van der Waals surface area contributed by atoms with Gasteiger partial charge in [-0.2, -0.15) is 0 Å². The first-order valence-electron chi connectivity index (χ1n) is 7.51. The Balaban J connectivity index is 1.55. The third kappa shape index (κ3) is 3.16. The van der Waals surface area contributed by atoms with Gasteiger partial charge in [-0.05, 0) is 6.42 Å². The molecule has 0 saturated carbocycles. The van der Waals surface area contributed by atoms with Crippen LogP contribution in [0.15, 0.2) is 24.3 Å². The SMILES string of the molecule is O=C1NC(C2C=CC=CC2)C(=O)N1CCN1CCOCC1. The van der Waals surface area contributed by atoms with Crippen LogP contribution in [0.5, 0.6) is 0 Å². The summed E-state index contributed by atoms with van der Waals surface area (Å²) in [6.07, 6.45) is 8.72. The Kier molecular flexibility index (Phi) is 4.36. The van der Waals surface area contributed by atoms with E-state index in [0.717, 1.165) is 39.3 Å². The second-order valence-corrected chi connectivity index (χ2v) is 5.58. The van der Waals surface area contributed by atoms with Crippen molar-refractivity contribution in [3.8, 4) is 0 Å². The zero-order valence-corrected chi connectivity index (χ0v) is 12.0. The Morgan fingerprint density at radius 1 is 1.19 bits per heavy atom. The standard InChI is InChI=1S/C15H21N3O3/c19-14-13(12-4-2-1-3-5-12)16-15(20)18(14)7-6-17-8-10-21-11-9-17/h1-4,12-13H,5-11H2,(H,16,20). The monoisotopic (exact) mass is 291 g/mol. The van der Waals surface area contributed by atoms with Crippen LogP contribution < -0.4 is 5.32 Å². The quantitative estimate of drug-likeness (QED) is 0.760. The number of hydrogen-bond donors (Lipinski definition) is 1. The van der Waals surface area contributed by atoms with E-state index in [9.17, 15) is 9.59 Å². The maximum absolute atomic E-state index is 12.4. The first kappa shape index (κ1) is 14.3. The van der Waals surface area contributed by atoms with E-state index in [1.54, 1.807) is 0 Å². The maximum atomic E-state index is 12.4. The lowest BCUT2D eigenvalue weighted by atomic mass is 9.93. The number of morpholine rings is 1. The highest BCUT2D eigenvalue weighted by atomic mass is 16.5. The average Bonchev–Trinajstić information content (AvgIpc) is 2.82. The van der Waals surface area contributed by atoms with Gasteiger partial charge < -0.3 is 10.1 Å². The molecule has 1 N–H and O–H groups in total. The van der Waals surface area contributed by atoms with Crippen molar-refractivity contribution in [3.05, 3.63) is 24.3 Å². The van der Waals surface area contributed by atoms with E-state index in [2.05, 4.69) is 10.2 Å². The summed E-state index contributed by atoms with van der Waals surface area (Å²) in [5.74, 6) is -0.0296. The van der Waals surface area contributed by atoms with Crippen LogP contribution in [-0.4, -0.2) is 67.2 Å². The number of ether oxygens (including phenoxy) is 1. The molecule has 2 unspecified atom stereocenters. The molecule has 1 aliphatic carbocycles. The number of nitrogens with one attached hydrogen (secondary N) is 1. The van der Waals surface area contributed by atoms with Crippen LogP contribution in [0.1, 0.15) is 6.42 Å². The van der Waals surface area contributed by atoms with Crippen molar-refractivity contribution in [2.75, 3.05) is 39.4 Å². The van der Waals surface area contributed by atoms with Crippen LogP contribution in [-0.2, 0) is 9.53 Å². The van der Waals surface area contributed by atoms with Crippen LogP contribution >= 0.6 is 0 Å². The molecular formula is C15H21N3O3. The average molecular weight is 291 g/mol. The van der Waals surface area contributed by atoms with E-state index in [-0.39, 0.29) is 17.9 Å². The summed E-state index contributed by atoms with van der Waals surface area (Å²) in [6, 6.07) is -0.676.